The van der Waals surface area contributed by atoms with Crippen LogP contribution in [0.5, 0.6) is 0 Å². The molecule has 0 aliphatic heterocycles. The molecule has 0 amide bonds. The summed E-state index contributed by atoms with van der Waals surface area (Å²) in [5.74, 6) is -0.286. The molecule has 66 valence electrons. The number of benzene rings is 1. The summed E-state index contributed by atoms with van der Waals surface area (Å²) in [6.45, 7) is 3.88. The minimum absolute atomic E-state index is 0.286. The van der Waals surface area contributed by atoms with Crippen LogP contribution >= 0.6 is 11.6 Å². The molecule has 0 fully saturated rings. The van der Waals surface area contributed by atoms with Gasteiger partial charge >= 0.3 is 0 Å². The van der Waals surface area contributed by atoms with Gasteiger partial charge in [0.05, 0.1) is 0 Å². The Hall–Kier alpha value is -0.600. The third kappa shape index (κ3) is 1.45. The van der Waals surface area contributed by atoms with Crippen LogP contribution in [0.25, 0.3) is 0 Å². The fourth-order valence-electron chi connectivity index (χ4n) is 1.20. The molecule has 0 aliphatic rings. The van der Waals surface area contributed by atoms with E-state index in [0.29, 0.717) is 17.1 Å². The minimum atomic E-state index is -0.286. The van der Waals surface area contributed by atoms with Crippen molar-refractivity contribution in [2.75, 3.05) is 0 Å². The molecule has 3 heteroatoms. The molecule has 1 aromatic rings. The van der Waals surface area contributed by atoms with Gasteiger partial charge in [-0.1, -0.05) is 11.6 Å². The number of halogens is 2. The highest BCUT2D eigenvalue weighted by molar-refractivity contribution is 6.31. The van der Waals surface area contributed by atoms with Crippen LogP contribution in [0.1, 0.15) is 16.7 Å². The van der Waals surface area contributed by atoms with Gasteiger partial charge in [-0.15, -0.1) is 0 Å². The van der Waals surface area contributed by atoms with Crippen LogP contribution in [0.4, 0.5) is 4.39 Å². The lowest BCUT2D eigenvalue weighted by atomic mass is 10.0. The highest BCUT2D eigenvalue weighted by Crippen LogP contribution is 2.24. The third-order valence-electron chi connectivity index (χ3n) is 2.08. The lowest BCUT2D eigenvalue weighted by Gasteiger charge is -2.09. The lowest BCUT2D eigenvalue weighted by Crippen LogP contribution is -2.04. The van der Waals surface area contributed by atoms with Crippen LogP contribution in [0.15, 0.2) is 6.07 Å². The molecule has 1 nitrogen and oxygen atoms in total. The SMILES string of the molecule is Cc1c(F)cc(Cl)c(C)c1CN. The van der Waals surface area contributed by atoms with Crippen LogP contribution < -0.4 is 5.73 Å². The quantitative estimate of drug-likeness (QED) is 0.719. The van der Waals surface area contributed by atoms with Crippen molar-refractivity contribution < 1.29 is 4.39 Å². The van der Waals surface area contributed by atoms with Crippen LogP contribution in [0.2, 0.25) is 5.02 Å². The molecule has 0 spiro atoms. The van der Waals surface area contributed by atoms with Gasteiger partial charge in [-0.2, -0.15) is 0 Å². The van der Waals surface area contributed by atoms with E-state index in [2.05, 4.69) is 0 Å². The van der Waals surface area contributed by atoms with Gasteiger partial charge in [0, 0.05) is 11.6 Å². The van der Waals surface area contributed by atoms with E-state index in [1.165, 1.54) is 6.07 Å². The van der Waals surface area contributed by atoms with Gasteiger partial charge in [-0.25, -0.2) is 4.39 Å². The molecule has 12 heavy (non-hydrogen) atoms. The van der Waals surface area contributed by atoms with Crippen molar-refractivity contribution >= 4 is 11.6 Å². The van der Waals surface area contributed by atoms with E-state index in [9.17, 15) is 4.39 Å². The first-order valence-electron chi connectivity index (χ1n) is 3.72. The first kappa shape index (κ1) is 9.49. The molecule has 0 unspecified atom stereocenters. The first-order chi connectivity index (χ1) is 5.57. The van der Waals surface area contributed by atoms with Gasteiger partial charge in [0.15, 0.2) is 0 Å². The van der Waals surface area contributed by atoms with Crippen molar-refractivity contribution in [1.82, 2.24) is 0 Å². The Labute approximate surface area is 76.3 Å². The average Bonchev–Trinajstić information content (AvgIpc) is 2.02. The zero-order valence-electron chi connectivity index (χ0n) is 7.12. The fraction of sp³-hybridized carbons (Fsp3) is 0.333. The normalized spacial score (nSPS) is 10.4. The van der Waals surface area contributed by atoms with Gasteiger partial charge in [0.25, 0.3) is 0 Å². The third-order valence-corrected chi connectivity index (χ3v) is 2.47. The van der Waals surface area contributed by atoms with Crippen molar-refractivity contribution in [2.45, 2.75) is 20.4 Å². The summed E-state index contributed by atoms with van der Waals surface area (Å²) in [7, 11) is 0. The molecule has 0 saturated heterocycles. The predicted molar refractivity (Wildman–Crippen MR) is 48.8 cm³/mol. The fourth-order valence-corrected chi connectivity index (χ4v) is 1.41. The largest absolute Gasteiger partial charge is 0.326 e. The summed E-state index contributed by atoms with van der Waals surface area (Å²) in [5, 5.41) is 0.443. The number of hydrogen-bond acceptors (Lipinski definition) is 1. The number of rotatable bonds is 1. The summed E-state index contributed by atoms with van der Waals surface area (Å²) in [6.07, 6.45) is 0. The number of nitrogens with two attached hydrogens (primary N) is 1. The minimum Gasteiger partial charge on any atom is -0.326 e. The molecule has 0 heterocycles. The molecule has 0 radical (unpaired) electrons. The molecular weight excluding hydrogens is 177 g/mol. The Morgan fingerprint density at radius 2 is 2.00 bits per heavy atom. The molecule has 0 bridgehead atoms. The van der Waals surface area contributed by atoms with Crippen LogP contribution in [0, 0.1) is 19.7 Å². The smallest absolute Gasteiger partial charge is 0.127 e. The van der Waals surface area contributed by atoms with Crippen LogP contribution in [-0.4, -0.2) is 0 Å². The highest BCUT2D eigenvalue weighted by Gasteiger charge is 2.09. The van der Waals surface area contributed by atoms with Gasteiger partial charge in [-0.05, 0) is 36.6 Å². The highest BCUT2D eigenvalue weighted by atomic mass is 35.5. The van der Waals surface area contributed by atoms with E-state index in [1.807, 2.05) is 6.92 Å². The Morgan fingerprint density at radius 3 is 2.50 bits per heavy atom. The lowest BCUT2D eigenvalue weighted by molar-refractivity contribution is 0.614. The predicted octanol–water partition coefficient (Wildman–Crippen LogP) is 2.55. The second-order valence-electron chi connectivity index (χ2n) is 2.77. The van der Waals surface area contributed by atoms with Gasteiger partial charge in [-0.3, -0.25) is 0 Å². The molecule has 0 aliphatic carbocycles. The summed E-state index contributed by atoms with van der Waals surface area (Å²) in [4.78, 5) is 0. The molecule has 2 N–H and O–H groups in total. The van der Waals surface area contributed by atoms with Gasteiger partial charge in [0.1, 0.15) is 5.82 Å². The first-order valence-corrected chi connectivity index (χ1v) is 4.10. The maximum Gasteiger partial charge on any atom is 0.127 e. The Morgan fingerprint density at radius 1 is 1.42 bits per heavy atom. The monoisotopic (exact) mass is 187 g/mol. The molecule has 1 aromatic carbocycles. The topological polar surface area (TPSA) is 26.0 Å². The Kier molecular flexibility index (Phi) is 2.70. The summed E-state index contributed by atoms with van der Waals surface area (Å²) in [5.41, 5.74) is 7.74. The molecule has 1 rings (SSSR count). The van der Waals surface area contributed by atoms with Gasteiger partial charge < -0.3 is 5.73 Å². The van der Waals surface area contributed by atoms with Crippen molar-refractivity contribution in [2.24, 2.45) is 5.73 Å². The molecular formula is C9H11ClFN. The summed E-state index contributed by atoms with van der Waals surface area (Å²) in [6, 6.07) is 1.32. The van der Waals surface area contributed by atoms with E-state index >= 15 is 0 Å². The Balaban J connectivity index is 3.42. The van der Waals surface area contributed by atoms with Crippen LogP contribution in [-0.2, 0) is 6.54 Å². The van der Waals surface area contributed by atoms with Gasteiger partial charge in [0.2, 0.25) is 0 Å². The molecule has 0 atom stereocenters. The zero-order valence-corrected chi connectivity index (χ0v) is 7.87. The second-order valence-corrected chi connectivity index (χ2v) is 3.18. The van der Waals surface area contributed by atoms with E-state index in [4.69, 9.17) is 17.3 Å². The van der Waals surface area contributed by atoms with E-state index in [1.54, 1.807) is 6.92 Å². The van der Waals surface area contributed by atoms with Crippen molar-refractivity contribution in [3.63, 3.8) is 0 Å². The van der Waals surface area contributed by atoms with E-state index in [0.717, 1.165) is 11.1 Å². The Bertz CT molecular complexity index is 284. The maximum atomic E-state index is 13.1. The summed E-state index contributed by atoms with van der Waals surface area (Å²) < 4.78 is 13.1. The molecule has 0 aromatic heterocycles. The van der Waals surface area contributed by atoms with Crippen molar-refractivity contribution in [1.29, 1.82) is 0 Å². The van der Waals surface area contributed by atoms with Crippen molar-refractivity contribution in [3.05, 3.63) is 33.6 Å². The van der Waals surface area contributed by atoms with E-state index < -0.39 is 0 Å². The second kappa shape index (κ2) is 3.42. The van der Waals surface area contributed by atoms with Crippen molar-refractivity contribution in [3.8, 4) is 0 Å². The molecule has 0 saturated carbocycles. The average molecular weight is 188 g/mol. The summed E-state index contributed by atoms with van der Waals surface area (Å²) >= 11 is 5.77. The number of hydrogen-bond donors (Lipinski definition) is 1. The van der Waals surface area contributed by atoms with E-state index in [-0.39, 0.29) is 5.82 Å². The standard InChI is InChI=1S/C9H11ClFN/c1-5-7(4-12)6(2)9(11)3-8(5)10/h3H,4,12H2,1-2H3. The van der Waals surface area contributed by atoms with Crippen LogP contribution in [0.3, 0.4) is 0 Å². The zero-order chi connectivity index (χ0) is 9.30. The maximum absolute atomic E-state index is 13.1.